The van der Waals surface area contributed by atoms with Gasteiger partial charge in [0.25, 0.3) is 0 Å². The molecule has 0 heterocycles. The molecule has 0 saturated carbocycles. The Hall–Kier alpha value is -0.900. The lowest BCUT2D eigenvalue weighted by Crippen LogP contribution is -2.25. The third-order valence-electron chi connectivity index (χ3n) is 2.34. The van der Waals surface area contributed by atoms with Crippen LogP contribution in [-0.2, 0) is 4.74 Å². The highest BCUT2D eigenvalue weighted by Gasteiger charge is 2.08. The maximum absolute atomic E-state index is 5.42. The average molecular weight is 208 g/mol. The Morgan fingerprint density at radius 1 is 1.33 bits per heavy atom. The second-order valence-electron chi connectivity index (χ2n) is 3.48. The van der Waals surface area contributed by atoms with Crippen molar-refractivity contribution in [2.75, 3.05) is 26.7 Å². The van der Waals surface area contributed by atoms with Crippen LogP contribution in [0.4, 0.5) is 0 Å². The van der Waals surface area contributed by atoms with Gasteiger partial charge in [0.05, 0.1) is 6.10 Å². The highest BCUT2D eigenvalue weighted by atomic mass is 16.5. The minimum Gasteiger partial charge on any atom is -0.375 e. The van der Waals surface area contributed by atoms with Gasteiger partial charge in [-0.25, -0.2) is 0 Å². The van der Waals surface area contributed by atoms with Crippen LogP contribution in [0.5, 0.6) is 0 Å². The minimum absolute atomic E-state index is 0.129. The summed E-state index contributed by atoms with van der Waals surface area (Å²) in [6.45, 7) is 2.51. The Morgan fingerprint density at radius 2 is 2.07 bits per heavy atom. The van der Waals surface area contributed by atoms with Crippen molar-refractivity contribution in [3.63, 3.8) is 0 Å². The molecule has 0 spiro atoms. The number of hydrogen-bond acceptors (Lipinski definition) is 3. The number of benzene rings is 1. The van der Waals surface area contributed by atoms with Gasteiger partial charge in [-0.1, -0.05) is 30.3 Å². The topological polar surface area (TPSA) is 47.3 Å². The van der Waals surface area contributed by atoms with Gasteiger partial charge in [-0.05, 0) is 25.1 Å². The number of rotatable bonds is 7. The Morgan fingerprint density at radius 3 is 2.67 bits per heavy atom. The first kappa shape index (κ1) is 12.2. The first-order valence-electron chi connectivity index (χ1n) is 5.37. The number of ether oxygens (including phenoxy) is 1. The van der Waals surface area contributed by atoms with Crippen molar-refractivity contribution >= 4 is 0 Å². The van der Waals surface area contributed by atoms with Crippen LogP contribution in [0.2, 0.25) is 0 Å². The molecule has 0 aliphatic carbocycles. The smallest absolute Gasteiger partial charge is 0.0945 e. The molecule has 3 N–H and O–H groups in total. The van der Waals surface area contributed by atoms with E-state index in [1.807, 2.05) is 18.2 Å². The Bertz CT molecular complexity index is 251. The van der Waals surface area contributed by atoms with Crippen LogP contribution in [0.3, 0.4) is 0 Å². The normalized spacial score (nSPS) is 12.7. The lowest BCUT2D eigenvalue weighted by Gasteiger charge is -2.16. The molecule has 1 aromatic carbocycles. The average Bonchev–Trinajstić information content (AvgIpc) is 2.30. The van der Waals surface area contributed by atoms with E-state index >= 15 is 0 Å². The second kappa shape index (κ2) is 7.40. The summed E-state index contributed by atoms with van der Waals surface area (Å²) in [4.78, 5) is 0. The zero-order valence-electron chi connectivity index (χ0n) is 9.28. The molecule has 3 nitrogen and oxygen atoms in total. The molecule has 1 unspecified atom stereocenters. The monoisotopic (exact) mass is 208 g/mol. The number of hydrogen-bond donors (Lipinski definition) is 2. The molecule has 0 aromatic heterocycles. The summed E-state index contributed by atoms with van der Waals surface area (Å²) < 4.78 is 5.42. The first-order valence-corrected chi connectivity index (χ1v) is 5.37. The molecule has 1 atom stereocenters. The number of nitrogens with two attached hydrogens (primary N) is 1. The highest BCUT2D eigenvalue weighted by molar-refractivity contribution is 5.17. The zero-order valence-corrected chi connectivity index (χ0v) is 9.28. The Labute approximate surface area is 91.6 Å². The Kier molecular flexibility index (Phi) is 6.00. The summed E-state index contributed by atoms with van der Waals surface area (Å²) in [7, 11) is 1.74. The highest BCUT2D eigenvalue weighted by Crippen LogP contribution is 2.14. The molecule has 0 bridgehead atoms. The molecular weight excluding hydrogens is 188 g/mol. The van der Waals surface area contributed by atoms with Crippen LogP contribution in [0.15, 0.2) is 30.3 Å². The van der Waals surface area contributed by atoms with Gasteiger partial charge < -0.3 is 15.8 Å². The fraction of sp³-hybridized carbons (Fsp3) is 0.500. The molecule has 1 rings (SSSR count). The van der Waals surface area contributed by atoms with Crippen LogP contribution >= 0.6 is 0 Å². The summed E-state index contributed by atoms with van der Waals surface area (Å²) in [5.74, 6) is 0. The molecule has 0 aliphatic rings. The van der Waals surface area contributed by atoms with Gasteiger partial charge in [-0.2, -0.15) is 0 Å². The molecule has 84 valence electrons. The molecule has 0 saturated heterocycles. The van der Waals surface area contributed by atoms with E-state index in [9.17, 15) is 0 Å². The number of nitrogens with one attached hydrogen (secondary N) is 1. The maximum Gasteiger partial charge on any atom is 0.0945 e. The summed E-state index contributed by atoms with van der Waals surface area (Å²) >= 11 is 0. The third-order valence-corrected chi connectivity index (χ3v) is 2.34. The lowest BCUT2D eigenvalue weighted by atomic mass is 10.1. The van der Waals surface area contributed by atoms with E-state index in [-0.39, 0.29) is 6.10 Å². The van der Waals surface area contributed by atoms with E-state index < -0.39 is 0 Å². The molecule has 15 heavy (non-hydrogen) atoms. The predicted molar refractivity (Wildman–Crippen MR) is 62.7 cm³/mol. The van der Waals surface area contributed by atoms with Crippen LogP contribution in [-0.4, -0.2) is 26.7 Å². The summed E-state index contributed by atoms with van der Waals surface area (Å²) in [5.41, 5.74) is 6.63. The molecule has 1 aromatic rings. The van der Waals surface area contributed by atoms with Crippen LogP contribution in [0.25, 0.3) is 0 Å². The van der Waals surface area contributed by atoms with Gasteiger partial charge in [-0.3, -0.25) is 0 Å². The van der Waals surface area contributed by atoms with Crippen LogP contribution < -0.4 is 11.1 Å². The first-order chi connectivity index (χ1) is 7.38. The number of methoxy groups -OCH3 is 1. The van der Waals surface area contributed by atoms with Gasteiger partial charge >= 0.3 is 0 Å². The molecule has 3 heteroatoms. The molecule has 0 radical (unpaired) electrons. The molecule has 0 amide bonds. The largest absolute Gasteiger partial charge is 0.375 e. The molecule has 0 fully saturated rings. The van der Waals surface area contributed by atoms with Crippen LogP contribution in [0.1, 0.15) is 18.1 Å². The fourth-order valence-electron chi connectivity index (χ4n) is 1.47. The lowest BCUT2D eigenvalue weighted by molar-refractivity contribution is 0.102. The third kappa shape index (κ3) is 4.42. The molecular formula is C12H20N2O. The predicted octanol–water partition coefficient (Wildman–Crippen LogP) is 1.31. The van der Waals surface area contributed by atoms with E-state index in [0.717, 1.165) is 26.1 Å². The fourth-order valence-corrected chi connectivity index (χ4v) is 1.47. The van der Waals surface area contributed by atoms with Crippen molar-refractivity contribution < 1.29 is 4.74 Å². The Balaban J connectivity index is 2.36. The van der Waals surface area contributed by atoms with Crippen molar-refractivity contribution in [1.82, 2.24) is 5.32 Å². The van der Waals surface area contributed by atoms with E-state index in [2.05, 4.69) is 17.4 Å². The van der Waals surface area contributed by atoms with Gasteiger partial charge in [0.1, 0.15) is 0 Å². The standard InChI is InChI=1S/C12H20N2O/c1-15-12(10-14-9-5-8-13)11-6-3-2-4-7-11/h2-4,6-7,12,14H,5,8-10,13H2,1H3. The van der Waals surface area contributed by atoms with Crippen molar-refractivity contribution in [3.05, 3.63) is 35.9 Å². The summed E-state index contributed by atoms with van der Waals surface area (Å²) in [6, 6.07) is 10.2. The van der Waals surface area contributed by atoms with Gasteiger partial charge in [0.2, 0.25) is 0 Å². The summed E-state index contributed by atoms with van der Waals surface area (Å²) in [6.07, 6.45) is 1.13. The van der Waals surface area contributed by atoms with Crippen LogP contribution in [0, 0.1) is 0 Å². The van der Waals surface area contributed by atoms with E-state index in [4.69, 9.17) is 10.5 Å². The van der Waals surface area contributed by atoms with Crippen molar-refractivity contribution in [2.24, 2.45) is 5.73 Å². The summed E-state index contributed by atoms with van der Waals surface area (Å²) in [5, 5.41) is 3.33. The van der Waals surface area contributed by atoms with E-state index in [0.29, 0.717) is 0 Å². The van der Waals surface area contributed by atoms with Crippen molar-refractivity contribution in [1.29, 1.82) is 0 Å². The second-order valence-corrected chi connectivity index (χ2v) is 3.48. The quantitative estimate of drug-likeness (QED) is 0.664. The van der Waals surface area contributed by atoms with Gasteiger partial charge in [0.15, 0.2) is 0 Å². The minimum atomic E-state index is 0.129. The van der Waals surface area contributed by atoms with Crippen molar-refractivity contribution in [3.8, 4) is 0 Å². The van der Waals surface area contributed by atoms with E-state index in [1.54, 1.807) is 7.11 Å². The zero-order chi connectivity index (χ0) is 10.9. The molecule has 0 aliphatic heterocycles. The maximum atomic E-state index is 5.42. The van der Waals surface area contributed by atoms with E-state index in [1.165, 1.54) is 5.56 Å². The SMILES string of the molecule is COC(CNCCCN)c1ccccc1. The van der Waals surface area contributed by atoms with Gasteiger partial charge in [-0.15, -0.1) is 0 Å². The van der Waals surface area contributed by atoms with Crippen molar-refractivity contribution in [2.45, 2.75) is 12.5 Å². The van der Waals surface area contributed by atoms with Gasteiger partial charge in [0, 0.05) is 13.7 Å².